The van der Waals surface area contributed by atoms with E-state index in [1.54, 1.807) is 12.1 Å². The van der Waals surface area contributed by atoms with Crippen LogP contribution in [0.1, 0.15) is 0 Å². The maximum atomic E-state index is 11.6. The lowest BCUT2D eigenvalue weighted by molar-refractivity contribution is -0.728. The molecule has 0 saturated heterocycles. The maximum Gasteiger partial charge on any atom is 0.370 e. The van der Waals surface area contributed by atoms with Gasteiger partial charge in [-0.3, -0.25) is 0 Å². The largest absolute Gasteiger partial charge is 0.431 e. The van der Waals surface area contributed by atoms with Gasteiger partial charge in [-0.1, -0.05) is 12.1 Å². The number of nitrogens with one attached hydrogen (secondary N) is 1. The summed E-state index contributed by atoms with van der Waals surface area (Å²) in [6.45, 7) is 0.0110. The molecule has 0 bridgehead atoms. The van der Waals surface area contributed by atoms with Gasteiger partial charge in [0, 0.05) is 6.54 Å². The molecule has 2 aromatic heterocycles. The molecule has 0 aliphatic rings. The van der Waals surface area contributed by atoms with Gasteiger partial charge in [0.1, 0.15) is 11.2 Å². The van der Waals surface area contributed by atoms with Crippen LogP contribution in [0.4, 0.5) is 11.4 Å². The van der Waals surface area contributed by atoms with Crippen molar-refractivity contribution in [1.29, 1.82) is 0 Å². The first kappa shape index (κ1) is 16.3. The minimum atomic E-state index is -0.319. The van der Waals surface area contributed by atoms with Crippen molar-refractivity contribution in [2.75, 3.05) is 18.5 Å². The molecule has 0 aliphatic carbocycles. The van der Waals surface area contributed by atoms with Crippen molar-refractivity contribution in [1.82, 2.24) is 15.3 Å². The molecular formula is C15H12N5O5S+. The Bertz CT molecular complexity index is 1080. The van der Waals surface area contributed by atoms with E-state index in [1.807, 2.05) is 18.2 Å². The van der Waals surface area contributed by atoms with Gasteiger partial charge in [0.05, 0.1) is 16.4 Å². The summed E-state index contributed by atoms with van der Waals surface area (Å²) in [4.78, 5) is 16.2. The molecule has 4 rings (SSSR count). The minimum Gasteiger partial charge on any atom is -0.431 e. The van der Waals surface area contributed by atoms with Crippen LogP contribution in [-0.4, -0.2) is 43.7 Å². The average Bonchev–Trinajstić information content (AvgIpc) is 3.25. The summed E-state index contributed by atoms with van der Waals surface area (Å²) < 4.78 is 10.4. The summed E-state index contributed by atoms with van der Waals surface area (Å²) >= 11 is 1.17. The van der Waals surface area contributed by atoms with Crippen molar-refractivity contribution in [2.45, 2.75) is 10.1 Å². The van der Waals surface area contributed by atoms with E-state index in [0.29, 0.717) is 21.2 Å². The number of benzene rings is 2. The molecule has 0 radical (unpaired) electrons. The normalized spacial score (nSPS) is 11.3. The Hall–Kier alpha value is -3.18. The lowest BCUT2D eigenvalue weighted by Crippen LogP contribution is -2.08. The predicted octanol–water partition coefficient (Wildman–Crippen LogP) is 2.72. The monoisotopic (exact) mass is 374 g/mol. The van der Waals surface area contributed by atoms with Gasteiger partial charge in [-0.15, -0.1) is 0 Å². The zero-order valence-corrected chi connectivity index (χ0v) is 13.9. The molecule has 10 nitrogen and oxygen atoms in total. The Morgan fingerprint density at radius 2 is 2.04 bits per heavy atom. The van der Waals surface area contributed by atoms with Crippen LogP contribution in [0.25, 0.3) is 22.1 Å². The molecule has 0 amide bonds. The van der Waals surface area contributed by atoms with E-state index in [0.717, 1.165) is 0 Å². The van der Waals surface area contributed by atoms with Crippen LogP contribution < -0.4 is 5.32 Å². The van der Waals surface area contributed by atoms with Gasteiger partial charge in [0.25, 0.3) is 10.1 Å². The smallest absolute Gasteiger partial charge is 0.370 e. The molecule has 0 aliphatic heterocycles. The highest BCUT2D eigenvalue weighted by Gasteiger charge is 2.30. The topological polar surface area (TPSA) is 138 Å². The van der Waals surface area contributed by atoms with E-state index < -0.39 is 0 Å². The second-order valence-electron chi connectivity index (χ2n) is 5.21. The molecule has 0 unspecified atom stereocenters. The van der Waals surface area contributed by atoms with E-state index in [2.05, 4.69) is 20.6 Å². The molecule has 11 heteroatoms. The molecule has 0 saturated carbocycles. The van der Waals surface area contributed by atoms with Crippen molar-refractivity contribution in [3.63, 3.8) is 0 Å². The van der Waals surface area contributed by atoms with E-state index >= 15 is 0 Å². The molecule has 3 N–H and O–H groups in total. The highest BCUT2D eigenvalue weighted by Crippen LogP contribution is 2.40. The second-order valence-corrected chi connectivity index (χ2v) is 6.20. The third-order valence-corrected chi connectivity index (χ3v) is 4.45. The fourth-order valence-electron chi connectivity index (χ4n) is 2.49. The number of para-hydroxylation sites is 2. The molecule has 132 valence electrons. The predicted molar refractivity (Wildman–Crippen MR) is 90.6 cm³/mol. The zero-order chi connectivity index (χ0) is 18.1. The number of hydrogen-bond acceptors (Lipinski definition) is 9. The van der Waals surface area contributed by atoms with Crippen LogP contribution >= 0.6 is 11.8 Å². The van der Waals surface area contributed by atoms with Gasteiger partial charge in [0.2, 0.25) is 5.52 Å². The van der Waals surface area contributed by atoms with Gasteiger partial charge in [-0.05, 0) is 40.3 Å². The second kappa shape index (κ2) is 6.61. The summed E-state index contributed by atoms with van der Waals surface area (Å²) in [5.74, 6) is 0. The zero-order valence-electron chi connectivity index (χ0n) is 13.1. The number of oxazole rings is 1. The first-order valence-corrected chi connectivity index (χ1v) is 8.32. The van der Waals surface area contributed by atoms with Crippen LogP contribution in [0, 0.1) is 4.91 Å². The Balaban J connectivity index is 1.82. The molecule has 0 spiro atoms. The Labute approximate surface area is 149 Å². The Morgan fingerprint density at radius 1 is 1.23 bits per heavy atom. The molecule has 26 heavy (non-hydrogen) atoms. The third-order valence-electron chi connectivity index (χ3n) is 3.57. The number of hydrogen-bond donors (Lipinski definition) is 3. The van der Waals surface area contributed by atoms with Crippen molar-refractivity contribution in [3.8, 4) is 0 Å². The minimum absolute atomic E-state index is 0.0732. The fraction of sp³-hybridized carbons (Fsp3) is 0.133. The molecular weight excluding hydrogens is 362 g/mol. The van der Waals surface area contributed by atoms with E-state index in [-0.39, 0.29) is 40.5 Å². The number of aromatic nitrogens is 3. The molecule has 0 atom stereocenters. The fourth-order valence-corrected chi connectivity index (χ4v) is 3.36. The molecule has 4 aromatic rings. The van der Waals surface area contributed by atoms with Gasteiger partial charge < -0.3 is 14.8 Å². The average molecular weight is 374 g/mol. The van der Waals surface area contributed by atoms with E-state index in [9.17, 15) is 10.1 Å². The number of anilines is 1. The van der Waals surface area contributed by atoms with Crippen molar-refractivity contribution >= 4 is 45.3 Å². The maximum absolute atomic E-state index is 11.6. The summed E-state index contributed by atoms with van der Waals surface area (Å²) in [6.07, 6.45) is 0. The first-order chi connectivity index (χ1) is 12.7. The van der Waals surface area contributed by atoms with Crippen molar-refractivity contribution in [3.05, 3.63) is 35.2 Å². The SMILES string of the molecule is O=[N+](O)c1c(NCCO)cc(Sc2nc3ccccc3o2)c2nonc12. The highest BCUT2D eigenvalue weighted by molar-refractivity contribution is 7.99. The molecule has 2 aromatic carbocycles. The summed E-state index contributed by atoms with van der Waals surface area (Å²) in [5.41, 5.74) is 1.80. The summed E-state index contributed by atoms with van der Waals surface area (Å²) in [7, 11) is 0. The van der Waals surface area contributed by atoms with Crippen LogP contribution in [0.15, 0.2) is 49.5 Å². The van der Waals surface area contributed by atoms with Gasteiger partial charge in [0.15, 0.2) is 11.1 Å². The van der Waals surface area contributed by atoms with Crippen LogP contribution in [-0.2, 0) is 0 Å². The quantitative estimate of drug-likeness (QED) is 0.432. The van der Waals surface area contributed by atoms with E-state index in [1.165, 1.54) is 11.8 Å². The Morgan fingerprint density at radius 3 is 2.81 bits per heavy atom. The standard InChI is InChI=1S/C15H12N5O5S/c21-6-5-16-9-7-11(12-13(19-25-18-12)14(9)20(22)23)26-15-17-8-3-1-2-4-10(8)24-15/h1-4,7,16,21H,5-6H2,(H,22,23)/q+1. The number of fused-ring (bicyclic) bond motifs is 2. The lowest BCUT2D eigenvalue weighted by Gasteiger charge is -2.05. The van der Waals surface area contributed by atoms with Crippen LogP contribution in [0.2, 0.25) is 0 Å². The van der Waals surface area contributed by atoms with Crippen LogP contribution in [0.3, 0.4) is 0 Å². The number of aliphatic hydroxyl groups is 1. The van der Waals surface area contributed by atoms with Crippen molar-refractivity contribution < 1.29 is 24.3 Å². The Kier molecular flexibility index (Phi) is 4.14. The van der Waals surface area contributed by atoms with Gasteiger partial charge in [-0.25, -0.2) is 14.8 Å². The van der Waals surface area contributed by atoms with Gasteiger partial charge in [-0.2, -0.15) is 0 Å². The summed E-state index contributed by atoms with van der Waals surface area (Å²) in [5, 5.41) is 29.2. The van der Waals surface area contributed by atoms with Crippen molar-refractivity contribution in [2.24, 2.45) is 0 Å². The van der Waals surface area contributed by atoms with E-state index in [4.69, 9.17) is 14.2 Å². The first-order valence-electron chi connectivity index (χ1n) is 7.51. The number of nitrogens with zero attached hydrogens (tertiary/aromatic N) is 4. The third kappa shape index (κ3) is 2.82. The van der Waals surface area contributed by atoms with Gasteiger partial charge >= 0.3 is 5.69 Å². The molecule has 0 fully saturated rings. The van der Waals surface area contributed by atoms with Crippen LogP contribution in [0.5, 0.6) is 0 Å². The number of aliphatic hydroxyl groups excluding tert-OH is 1. The lowest BCUT2D eigenvalue weighted by atomic mass is 10.2. The highest BCUT2D eigenvalue weighted by atomic mass is 32.2. The summed E-state index contributed by atoms with van der Waals surface area (Å²) in [6, 6.07) is 8.91. The number of rotatable bonds is 6. The molecule has 2 heterocycles.